The number of aliphatic hydroxyl groups excluding tert-OH is 1. The molecule has 1 aromatic carbocycles. The normalized spacial score (nSPS) is 11.3. The van der Waals surface area contributed by atoms with E-state index in [1.807, 2.05) is 11.9 Å². The van der Waals surface area contributed by atoms with Crippen molar-refractivity contribution in [3.05, 3.63) is 45.2 Å². The molecule has 1 aromatic heterocycles. The Labute approximate surface area is 132 Å². The van der Waals surface area contributed by atoms with Crippen molar-refractivity contribution in [3.8, 4) is 0 Å². The van der Waals surface area contributed by atoms with Gasteiger partial charge in [-0.3, -0.25) is 4.90 Å². The molecule has 0 bridgehead atoms. The number of aromatic nitrogens is 3. The zero-order valence-electron chi connectivity index (χ0n) is 11.8. The van der Waals surface area contributed by atoms with E-state index in [-0.39, 0.29) is 11.6 Å². The molecule has 0 aliphatic rings. The van der Waals surface area contributed by atoms with Gasteiger partial charge in [-0.15, -0.1) is 0 Å². The maximum Gasteiger partial charge on any atom is 0.198 e. The summed E-state index contributed by atoms with van der Waals surface area (Å²) in [5.41, 5.74) is 0.809. The van der Waals surface area contributed by atoms with E-state index in [1.165, 1.54) is 12.1 Å². The van der Waals surface area contributed by atoms with Gasteiger partial charge in [0.25, 0.3) is 0 Å². The predicted octanol–water partition coefficient (Wildman–Crippen LogP) is 2.33. The maximum atomic E-state index is 13.4. The van der Waals surface area contributed by atoms with E-state index in [0.717, 1.165) is 5.56 Å². The van der Waals surface area contributed by atoms with Crippen LogP contribution in [0.3, 0.4) is 0 Å². The van der Waals surface area contributed by atoms with Crippen LogP contribution in [-0.4, -0.2) is 31.4 Å². The largest absolute Gasteiger partial charge is 0.388 e. The fourth-order valence-electron chi connectivity index (χ4n) is 1.99. The molecule has 114 valence electrons. The van der Waals surface area contributed by atoms with Crippen LogP contribution in [-0.2, 0) is 26.9 Å². The van der Waals surface area contributed by atoms with Gasteiger partial charge in [0.1, 0.15) is 12.4 Å². The summed E-state index contributed by atoms with van der Waals surface area (Å²) in [6.45, 7) is 0.803. The number of aliphatic hydroxyl groups is 1. The van der Waals surface area contributed by atoms with Crippen LogP contribution in [0.15, 0.2) is 18.2 Å². The van der Waals surface area contributed by atoms with E-state index < -0.39 is 5.82 Å². The molecule has 2 aromatic rings. The topological polar surface area (TPSA) is 46.2 Å². The summed E-state index contributed by atoms with van der Waals surface area (Å²) in [4.78, 5) is 1.94. The van der Waals surface area contributed by atoms with Crippen LogP contribution in [0.1, 0.15) is 11.4 Å². The average molecular weight is 331 g/mol. The SMILES string of the molecule is CN(Cc1ccc(Cl)c(F)c1)Cn1nc(CO)n(C)c1=S. The third-order valence-electron chi connectivity index (χ3n) is 3.08. The highest BCUT2D eigenvalue weighted by molar-refractivity contribution is 7.71. The molecule has 1 heterocycles. The number of hydrogen-bond donors (Lipinski definition) is 1. The number of rotatable bonds is 5. The molecule has 0 aliphatic heterocycles. The molecule has 0 aliphatic carbocycles. The van der Waals surface area contributed by atoms with E-state index in [4.69, 9.17) is 23.8 Å². The highest BCUT2D eigenvalue weighted by Gasteiger charge is 2.09. The second-order valence-electron chi connectivity index (χ2n) is 4.82. The summed E-state index contributed by atoms with van der Waals surface area (Å²) in [6.07, 6.45) is 0. The standard InChI is InChI=1S/C13H16ClFN4OS/c1-17(6-9-3-4-10(14)11(15)5-9)8-19-13(21)18(2)12(7-20)16-19/h3-5,20H,6-8H2,1-2H3. The Bertz CT molecular complexity index is 700. The molecule has 0 radical (unpaired) electrons. The van der Waals surface area contributed by atoms with Crippen LogP contribution >= 0.6 is 23.8 Å². The number of benzene rings is 1. The second-order valence-corrected chi connectivity index (χ2v) is 5.59. The van der Waals surface area contributed by atoms with Crippen molar-refractivity contribution in [1.82, 2.24) is 19.2 Å². The zero-order valence-corrected chi connectivity index (χ0v) is 13.3. The second kappa shape index (κ2) is 6.65. The van der Waals surface area contributed by atoms with Gasteiger partial charge >= 0.3 is 0 Å². The Morgan fingerprint density at radius 1 is 1.48 bits per heavy atom. The smallest absolute Gasteiger partial charge is 0.198 e. The van der Waals surface area contributed by atoms with Crippen molar-refractivity contribution in [1.29, 1.82) is 0 Å². The van der Waals surface area contributed by atoms with Gasteiger partial charge in [-0.05, 0) is 37.0 Å². The monoisotopic (exact) mass is 330 g/mol. The molecular weight excluding hydrogens is 315 g/mol. The molecule has 0 saturated heterocycles. The lowest BCUT2D eigenvalue weighted by atomic mass is 10.2. The van der Waals surface area contributed by atoms with Gasteiger partial charge in [0.2, 0.25) is 0 Å². The Morgan fingerprint density at radius 3 is 2.76 bits per heavy atom. The Kier molecular flexibility index (Phi) is 5.10. The minimum atomic E-state index is -0.431. The lowest BCUT2D eigenvalue weighted by Crippen LogP contribution is -2.22. The van der Waals surface area contributed by atoms with Crippen molar-refractivity contribution in [3.63, 3.8) is 0 Å². The zero-order chi connectivity index (χ0) is 15.6. The summed E-state index contributed by atoms with van der Waals surface area (Å²) in [5.74, 6) is 0.0746. The molecule has 0 spiro atoms. The third-order valence-corrected chi connectivity index (χ3v) is 3.88. The highest BCUT2D eigenvalue weighted by Crippen LogP contribution is 2.16. The van der Waals surface area contributed by atoms with Gasteiger partial charge in [0.15, 0.2) is 10.6 Å². The first-order valence-electron chi connectivity index (χ1n) is 6.28. The van der Waals surface area contributed by atoms with Crippen LogP contribution in [0.4, 0.5) is 4.39 Å². The van der Waals surface area contributed by atoms with Crippen LogP contribution in [0.25, 0.3) is 0 Å². The Morgan fingerprint density at radius 2 is 2.19 bits per heavy atom. The van der Waals surface area contributed by atoms with Gasteiger partial charge in [0, 0.05) is 13.6 Å². The molecule has 0 amide bonds. The van der Waals surface area contributed by atoms with Crippen molar-refractivity contribution >= 4 is 23.8 Å². The van der Waals surface area contributed by atoms with Gasteiger partial charge in [-0.2, -0.15) is 5.10 Å². The van der Waals surface area contributed by atoms with E-state index in [1.54, 1.807) is 22.4 Å². The molecule has 5 nitrogen and oxygen atoms in total. The Balaban J connectivity index is 2.09. The fraction of sp³-hybridized carbons (Fsp3) is 0.385. The number of nitrogens with zero attached hydrogens (tertiary/aromatic N) is 4. The molecule has 21 heavy (non-hydrogen) atoms. The molecule has 0 unspecified atom stereocenters. The minimum Gasteiger partial charge on any atom is -0.388 e. The summed E-state index contributed by atoms with van der Waals surface area (Å²) in [7, 11) is 3.63. The summed E-state index contributed by atoms with van der Waals surface area (Å²) >= 11 is 10.9. The van der Waals surface area contributed by atoms with Gasteiger partial charge in [-0.25, -0.2) is 9.07 Å². The van der Waals surface area contributed by atoms with Crippen LogP contribution in [0.2, 0.25) is 5.02 Å². The summed E-state index contributed by atoms with van der Waals surface area (Å²) < 4.78 is 17.2. The van der Waals surface area contributed by atoms with Crippen molar-refractivity contribution < 1.29 is 9.50 Å². The quantitative estimate of drug-likeness (QED) is 0.855. The molecule has 2 rings (SSSR count). The van der Waals surface area contributed by atoms with Crippen LogP contribution in [0.5, 0.6) is 0 Å². The lowest BCUT2D eigenvalue weighted by molar-refractivity contribution is 0.238. The highest BCUT2D eigenvalue weighted by atomic mass is 35.5. The Hall–Kier alpha value is -1.28. The van der Waals surface area contributed by atoms with Gasteiger partial charge in [-0.1, -0.05) is 17.7 Å². The molecule has 0 fully saturated rings. The molecule has 8 heteroatoms. The minimum absolute atomic E-state index is 0.112. The first-order valence-corrected chi connectivity index (χ1v) is 7.07. The molecule has 0 atom stereocenters. The molecule has 1 N–H and O–H groups in total. The molecule has 0 saturated carbocycles. The van der Waals surface area contributed by atoms with E-state index in [0.29, 0.717) is 23.8 Å². The van der Waals surface area contributed by atoms with Crippen LogP contribution in [0, 0.1) is 10.6 Å². The summed E-state index contributed by atoms with van der Waals surface area (Å²) in [6, 6.07) is 4.73. The van der Waals surface area contributed by atoms with Crippen molar-refractivity contribution in [2.75, 3.05) is 7.05 Å². The maximum absolute atomic E-state index is 13.4. The van der Waals surface area contributed by atoms with E-state index in [2.05, 4.69) is 5.10 Å². The first-order chi connectivity index (χ1) is 9.92. The predicted molar refractivity (Wildman–Crippen MR) is 80.8 cm³/mol. The average Bonchev–Trinajstić information content (AvgIpc) is 2.70. The fourth-order valence-corrected chi connectivity index (χ4v) is 2.31. The number of halogens is 2. The van der Waals surface area contributed by atoms with Gasteiger partial charge < -0.3 is 9.67 Å². The van der Waals surface area contributed by atoms with Crippen LogP contribution < -0.4 is 0 Å². The third kappa shape index (κ3) is 3.68. The van der Waals surface area contributed by atoms with Crippen molar-refractivity contribution in [2.45, 2.75) is 19.8 Å². The first kappa shape index (κ1) is 16.1. The molecular formula is C13H16ClFN4OS. The van der Waals surface area contributed by atoms with Gasteiger partial charge in [0.05, 0.1) is 11.7 Å². The summed E-state index contributed by atoms with van der Waals surface area (Å²) in [5, 5.41) is 13.5. The number of hydrogen-bond acceptors (Lipinski definition) is 4. The lowest BCUT2D eigenvalue weighted by Gasteiger charge is -2.16. The van der Waals surface area contributed by atoms with E-state index >= 15 is 0 Å². The van der Waals surface area contributed by atoms with Crippen molar-refractivity contribution in [2.24, 2.45) is 7.05 Å². The van der Waals surface area contributed by atoms with E-state index in [9.17, 15) is 9.50 Å².